The lowest BCUT2D eigenvalue weighted by Gasteiger charge is -2.12. The van der Waals surface area contributed by atoms with E-state index in [0.717, 1.165) is 83.7 Å². The van der Waals surface area contributed by atoms with Gasteiger partial charge in [0, 0.05) is 33.4 Å². The Morgan fingerprint density at radius 3 is 1.18 bits per heavy atom. The second-order valence-corrected chi connectivity index (χ2v) is 19.1. The molecular formula is C65H69F3O5S. The van der Waals surface area contributed by atoms with Gasteiger partial charge in [-0.05, 0) is 146 Å². The zero-order valence-electron chi connectivity index (χ0n) is 43.8. The van der Waals surface area contributed by atoms with Gasteiger partial charge in [-0.2, -0.15) is 21.6 Å². The van der Waals surface area contributed by atoms with Gasteiger partial charge in [-0.3, -0.25) is 0 Å². The van der Waals surface area contributed by atoms with Crippen LogP contribution in [-0.4, -0.2) is 28.1 Å². The molecule has 9 heteroatoms. The molecule has 0 aromatic heterocycles. The molecule has 74 heavy (non-hydrogen) atoms. The van der Waals surface area contributed by atoms with Gasteiger partial charge < -0.3 is 13.7 Å². The van der Waals surface area contributed by atoms with Crippen LogP contribution in [0.1, 0.15) is 153 Å². The molecule has 0 heterocycles. The Labute approximate surface area is 440 Å². The number of benzene rings is 6. The summed E-state index contributed by atoms with van der Waals surface area (Å²) in [5.41, 5.74) is 5.83. The number of halogens is 3. The molecule has 0 aliphatic rings. The van der Waals surface area contributed by atoms with E-state index in [2.05, 4.69) is 134 Å². The number of aryl methyl sites for hydroxylation is 4. The van der Waals surface area contributed by atoms with Gasteiger partial charge in [0.1, 0.15) is 5.75 Å². The van der Waals surface area contributed by atoms with Crippen molar-refractivity contribution in [2.75, 3.05) is 14.2 Å². The first-order valence-corrected chi connectivity index (χ1v) is 26.9. The molecular weight excluding hydrogens is 950 g/mol. The first-order valence-electron chi connectivity index (χ1n) is 25.5. The maximum atomic E-state index is 12.5. The highest BCUT2D eigenvalue weighted by Crippen LogP contribution is 2.33. The van der Waals surface area contributed by atoms with Crippen LogP contribution in [0.3, 0.4) is 0 Å². The maximum absolute atomic E-state index is 12.5. The summed E-state index contributed by atoms with van der Waals surface area (Å²) in [5, 5.41) is 0. The first kappa shape index (κ1) is 59.3. The van der Waals surface area contributed by atoms with Gasteiger partial charge in [0.05, 0.1) is 19.8 Å². The highest BCUT2D eigenvalue weighted by atomic mass is 32.2. The molecule has 0 fully saturated rings. The van der Waals surface area contributed by atoms with Crippen molar-refractivity contribution in [1.82, 2.24) is 0 Å². The van der Waals surface area contributed by atoms with Crippen molar-refractivity contribution in [2.45, 2.75) is 123 Å². The largest absolute Gasteiger partial charge is 0.534 e. The molecule has 0 aliphatic carbocycles. The summed E-state index contributed by atoms with van der Waals surface area (Å²) in [5.74, 6) is 21.5. The summed E-state index contributed by atoms with van der Waals surface area (Å²) in [6.07, 6.45) is 22.0. The molecule has 6 aromatic rings. The Morgan fingerprint density at radius 1 is 0.419 bits per heavy atom. The third-order valence-electron chi connectivity index (χ3n) is 11.6. The second kappa shape index (κ2) is 32.0. The van der Waals surface area contributed by atoms with Crippen molar-refractivity contribution in [3.63, 3.8) is 0 Å². The van der Waals surface area contributed by atoms with Crippen LogP contribution in [0.25, 0.3) is 0 Å². The molecule has 0 spiro atoms. The van der Waals surface area contributed by atoms with Crippen LogP contribution < -0.4 is 13.7 Å². The van der Waals surface area contributed by atoms with E-state index in [0.29, 0.717) is 5.56 Å². The number of ether oxygens (including phenoxy) is 2. The Bertz CT molecular complexity index is 2990. The molecule has 0 atom stereocenters. The van der Waals surface area contributed by atoms with Gasteiger partial charge >= 0.3 is 15.6 Å². The van der Waals surface area contributed by atoms with Crippen LogP contribution in [0.2, 0.25) is 0 Å². The lowest BCUT2D eigenvalue weighted by molar-refractivity contribution is -0.0500. The molecule has 0 amide bonds. The fraction of sp³-hybridized carbons (Fsp3) is 0.323. The second-order valence-electron chi connectivity index (χ2n) is 17.6. The van der Waals surface area contributed by atoms with E-state index in [-0.39, 0.29) is 5.75 Å². The minimum Gasteiger partial charge on any atom is -0.495 e. The van der Waals surface area contributed by atoms with Crippen molar-refractivity contribution in [3.8, 4) is 65.1 Å². The van der Waals surface area contributed by atoms with Gasteiger partial charge in [-0.25, -0.2) is 0 Å². The van der Waals surface area contributed by atoms with Crippen LogP contribution in [-0.2, 0) is 35.8 Å². The Balaban J connectivity index is 0.000000267. The Hall–Kier alpha value is -7.30. The average molecular weight is 1020 g/mol. The van der Waals surface area contributed by atoms with Crippen LogP contribution in [0.5, 0.6) is 17.2 Å². The number of unbranched alkanes of at least 4 members (excludes halogenated alkanes) is 6. The summed E-state index contributed by atoms with van der Waals surface area (Å²) < 4.78 is 74.5. The molecule has 386 valence electrons. The van der Waals surface area contributed by atoms with E-state index in [1.54, 1.807) is 7.11 Å². The van der Waals surface area contributed by atoms with Crippen LogP contribution in [0.4, 0.5) is 13.2 Å². The normalized spacial score (nSPS) is 10.5. The van der Waals surface area contributed by atoms with Gasteiger partial charge in [0.25, 0.3) is 0 Å². The fourth-order valence-corrected chi connectivity index (χ4v) is 7.87. The zero-order valence-corrected chi connectivity index (χ0v) is 44.6. The maximum Gasteiger partial charge on any atom is 0.534 e. The van der Waals surface area contributed by atoms with E-state index in [1.165, 1.54) is 92.9 Å². The topological polar surface area (TPSA) is 61.8 Å². The van der Waals surface area contributed by atoms with Crippen LogP contribution >= 0.6 is 0 Å². The molecule has 0 aliphatic heterocycles. The molecule has 0 bridgehead atoms. The van der Waals surface area contributed by atoms with Crippen molar-refractivity contribution >= 4 is 10.1 Å². The van der Waals surface area contributed by atoms with E-state index in [4.69, 9.17) is 15.9 Å². The SMILES string of the molecule is C#Cc1ccc(CCC)cc1.CCCCCCc1ccc(C#Cc2ccc(C#Cc3ccc(CCC)cc3)c(OC)c2)cc1.CCCCCCc1ccc(C#Cc2ccc(OS(=O)(=O)C(F)(F)F)c(OC)c2)cc1. The van der Waals surface area contributed by atoms with E-state index in [1.807, 2.05) is 54.6 Å². The van der Waals surface area contributed by atoms with Crippen molar-refractivity contribution in [3.05, 3.63) is 195 Å². The molecule has 0 unspecified atom stereocenters. The summed E-state index contributed by atoms with van der Waals surface area (Å²) >= 11 is 0. The van der Waals surface area contributed by atoms with Crippen LogP contribution in [0.15, 0.2) is 133 Å². The summed E-state index contributed by atoms with van der Waals surface area (Å²) in [6.45, 7) is 8.79. The highest BCUT2D eigenvalue weighted by molar-refractivity contribution is 7.88. The number of alkyl halides is 3. The highest BCUT2D eigenvalue weighted by Gasteiger charge is 2.49. The number of rotatable bonds is 18. The third kappa shape index (κ3) is 21.0. The first-order chi connectivity index (χ1) is 35.7. The Kier molecular flexibility index (Phi) is 25.6. The molecule has 6 aromatic carbocycles. The predicted molar refractivity (Wildman–Crippen MR) is 297 cm³/mol. The summed E-state index contributed by atoms with van der Waals surface area (Å²) in [6, 6.07) is 42.9. The van der Waals surface area contributed by atoms with Crippen molar-refractivity contribution in [2.24, 2.45) is 0 Å². The monoisotopic (exact) mass is 1020 g/mol. The number of hydrogen-bond acceptors (Lipinski definition) is 5. The zero-order chi connectivity index (χ0) is 53.6. The van der Waals surface area contributed by atoms with E-state index >= 15 is 0 Å². The van der Waals surface area contributed by atoms with E-state index in [9.17, 15) is 21.6 Å². The van der Waals surface area contributed by atoms with Crippen molar-refractivity contribution < 1.29 is 35.2 Å². The summed E-state index contributed by atoms with van der Waals surface area (Å²) in [7, 11) is -2.91. The molecule has 5 nitrogen and oxygen atoms in total. The van der Waals surface area contributed by atoms with Gasteiger partial charge in [-0.15, -0.1) is 6.42 Å². The molecule has 0 saturated carbocycles. The fourth-order valence-electron chi connectivity index (χ4n) is 7.40. The molecule has 6 rings (SSSR count). The molecule has 0 saturated heterocycles. The van der Waals surface area contributed by atoms with Gasteiger partial charge in [0.2, 0.25) is 0 Å². The smallest absolute Gasteiger partial charge is 0.495 e. The average Bonchev–Trinajstić information content (AvgIpc) is 3.41. The quantitative estimate of drug-likeness (QED) is 0.0372. The predicted octanol–water partition coefficient (Wildman–Crippen LogP) is 15.6. The third-order valence-corrected chi connectivity index (χ3v) is 12.6. The number of hydrogen-bond donors (Lipinski definition) is 0. The van der Waals surface area contributed by atoms with Gasteiger partial charge in [-0.1, -0.05) is 169 Å². The summed E-state index contributed by atoms with van der Waals surface area (Å²) in [4.78, 5) is 0. The van der Waals surface area contributed by atoms with Gasteiger partial charge in [0.15, 0.2) is 11.5 Å². The number of methoxy groups -OCH3 is 2. The van der Waals surface area contributed by atoms with Crippen molar-refractivity contribution in [1.29, 1.82) is 0 Å². The molecule has 0 radical (unpaired) electrons. The van der Waals surface area contributed by atoms with Crippen LogP contribution in [0, 0.1) is 47.9 Å². The standard InChI is InChI=1S/C32H34O.C22H23F3O4S.C11H12/c1-4-6-7-8-10-27-13-17-28(18-14-27)19-20-30-22-24-31(32(25-30)33-3)23-21-29-15-11-26(9-5-2)12-16-29;1-3-4-5-6-7-17-8-10-18(11-9-17)12-13-19-14-15-20(21(16-19)28-2)29-30(26,27)22(23,24)25;1-3-5-11-8-6-10(4-2)7-9-11/h11-18,22,24-25H,4-10H2,1-3H3;8-11,14-16H,3-7H2,1-2H3;2,6-9H,3,5H2,1H3. The minimum atomic E-state index is -5.78. The lowest BCUT2D eigenvalue weighted by Crippen LogP contribution is -2.28. The molecule has 0 N–H and O–H groups in total. The Morgan fingerprint density at radius 2 is 0.784 bits per heavy atom. The van der Waals surface area contributed by atoms with E-state index < -0.39 is 21.4 Å². The minimum absolute atomic E-state index is 0.169. The number of terminal acetylenes is 1. The lowest BCUT2D eigenvalue weighted by atomic mass is 10.0.